The summed E-state index contributed by atoms with van der Waals surface area (Å²) in [5.41, 5.74) is 1.66. The highest BCUT2D eigenvalue weighted by Crippen LogP contribution is 2.19. The Morgan fingerprint density at radius 3 is 2.74 bits per heavy atom. The topological polar surface area (TPSA) is 76.4 Å². The number of aliphatic carboxylic acids is 1. The van der Waals surface area contributed by atoms with Crippen LogP contribution in [0.1, 0.15) is 18.9 Å². The molecular weight excluding hydrogens is 242 g/mol. The number of piperazine rings is 1. The van der Waals surface area contributed by atoms with Crippen LogP contribution in [0.15, 0.2) is 24.3 Å². The molecule has 2 N–H and O–H groups in total. The molecular formula is C14H17N3O2. The second-order valence-corrected chi connectivity index (χ2v) is 4.93. The Hall–Kier alpha value is -2.06. The average Bonchev–Trinajstić information content (AvgIpc) is 2.37. The van der Waals surface area contributed by atoms with Crippen molar-refractivity contribution in [1.29, 1.82) is 5.26 Å². The van der Waals surface area contributed by atoms with Gasteiger partial charge in [0.25, 0.3) is 0 Å². The largest absolute Gasteiger partial charge is 0.481 e. The van der Waals surface area contributed by atoms with Crippen molar-refractivity contribution in [3.8, 4) is 6.07 Å². The lowest BCUT2D eigenvalue weighted by Gasteiger charge is -2.38. The summed E-state index contributed by atoms with van der Waals surface area (Å²) in [5.74, 6) is -0.786. The first kappa shape index (κ1) is 13.4. The zero-order chi connectivity index (χ0) is 13.8. The minimum Gasteiger partial charge on any atom is -0.481 e. The number of carbonyl (C=O) groups is 1. The molecule has 1 fully saturated rings. The highest BCUT2D eigenvalue weighted by atomic mass is 16.4. The maximum absolute atomic E-state index is 10.8. The van der Waals surface area contributed by atoms with Crippen LogP contribution >= 0.6 is 0 Å². The molecule has 0 aromatic heterocycles. The lowest BCUT2D eigenvalue weighted by molar-refractivity contribution is -0.137. The van der Waals surface area contributed by atoms with E-state index in [4.69, 9.17) is 10.4 Å². The number of carboxylic acids is 1. The van der Waals surface area contributed by atoms with Gasteiger partial charge in [0.1, 0.15) is 0 Å². The number of nitriles is 1. The van der Waals surface area contributed by atoms with E-state index in [2.05, 4.69) is 16.3 Å². The van der Waals surface area contributed by atoms with Gasteiger partial charge in [0.05, 0.1) is 18.1 Å². The number of benzene rings is 1. The van der Waals surface area contributed by atoms with Gasteiger partial charge in [0, 0.05) is 30.9 Å². The Kier molecular flexibility index (Phi) is 4.03. The molecule has 2 unspecified atom stereocenters. The smallest absolute Gasteiger partial charge is 0.304 e. The van der Waals surface area contributed by atoms with Crippen molar-refractivity contribution in [2.24, 2.45) is 0 Å². The summed E-state index contributed by atoms with van der Waals surface area (Å²) in [6, 6.07) is 9.69. The van der Waals surface area contributed by atoms with Crippen LogP contribution in [0, 0.1) is 11.3 Å². The SMILES string of the molecule is CC1CN(c2ccc(C#N)cc2)CC(CC(=O)O)N1. The molecule has 2 rings (SSSR count). The molecule has 2 atom stereocenters. The van der Waals surface area contributed by atoms with E-state index in [1.54, 1.807) is 12.1 Å². The summed E-state index contributed by atoms with van der Waals surface area (Å²) in [4.78, 5) is 13.0. The van der Waals surface area contributed by atoms with E-state index in [0.29, 0.717) is 12.1 Å². The Bertz CT molecular complexity index is 492. The molecule has 0 aliphatic carbocycles. The van der Waals surface area contributed by atoms with E-state index in [-0.39, 0.29) is 18.5 Å². The fourth-order valence-corrected chi connectivity index (χ4v) is 2.47. The van der Waals surface area contributed by atoms with Crippen LogP contribution in [-0.4, -0.2) is 36.2 Å². The number of carboxylic acid groups (broad SMARTS) is 1. The van der Waals surface area contributed by atoms with Crippen molar-refractivity contribution in [1.82, 2.24) is 5.32 Å². The summed E-state index contributed by atoms with van der Waals surface area (Å²) >= 11 is 0. The fourth-order valence-electron chi connectivity index (χ4n) is 2.47. The summed E-state index contributed by atoms with van der Waals surface area (Å²) in [6.45, 7) is 3.55. The van der Waals surface area contributed by atoms with Gasteiger partial charge < -0.3 is 15.3 Å². The van der Waals surface area contributed by atoms with Gasteiger partial charge in [-0.1, -0.05) is 0 Å². The molecule has 0 saturated carbocycles. The minimum absolute atomic E-state index is 0.0445. The highest BCUT2D eigenvalue weighted by Gasteiger charge is 2.25. The molecule has 100 valence electrons. The van der Waals surface area contributed by atoms with Crippen LogP contribution in [0.2, 0.25) is 0 Å². The molecule has 0 radical (unpaired) electrons. The van der Waals surface area contributed by atoms with Crippen molar-refractivity contribution in [2.75, 3.05) is 18.0 Å². The van der Waals surface area contributed by atoms with Crippen LogP contribution in [0.4, 0.5) is 5.69 Å². The first-order valence-corrected chi connectivity index (χ1v) is 6.31. The average molecular weight is 259 g/mol. The third-order valence-corrected chi connectivity index (χ3v) is 3.24. The Labute approximate surface area is 112 Å². The number of hydrogen-bond acceptors (Lipinski definition) is 4. The normalized spacial score (nSPS) is 22.8. The lowest BCUT2D eigenvalue weighted by Crippen LogP contribution is -2.56. The number of nitrogens with zero attached hydrogens (tertiary/aromatic N) is 2. The van der Waals surface area contributed by atoms with Crippen molar-refractivity contribution in [3.05, 3.63) is 29.8 Å². The molecule has 5 nitrogen and oxygen atoms in total. The standard InChI is InChI=1S/C14H17N3O2/c1-10-8-17(9-12(16-10)6-14(18)19)13-4-2-11(7-15)3-5-13/h2-5,10,12,16H,6,8-9H2,1H3,(H,18,19). The number of nitrogens with one attached hydrogen (secondary N) is 1. The number of hydrogen-bond donors (Lipinski definition) is 2. The molecule has 5 heteroatoms. The molecule has 1 aromatic carbocycles. The van der Waals surface area contributed by atoms with Gasteiger partial charge in [0.2, 0.25) is 0 Å². The van der Waals surface area contributed by atoms with Gasteiger partial charge in [-0.3, -0.25) is 4.79 Å². The summed E-state index contributed by atoms with van der Waals surface area (Å²) in [6.07, 6.45) is 0.122. The molecule has 19 heavy (non-hydrogen) atoms. The molecule has 1 aliphatic rings. The zero-order valence-corrected chi connectivity index (χ0v) is 10.8. The molecule has 0 bridgehead atoms. The second kappa shape index (κ2) is 5.72. The predicted molar refractivity (Wildman–Crippen MR) is 72.0 cm³/mol. The van der Waals surface area contributed by atoms with Crippen molar-refractivity contribution >= 4 is 11.7 Å². The molecule has 0 spiro atoms. The third kappa shape index (κ3) is 3.46. The maximum Gasteiger partial charge on any atom is 0.304 e. The van der Waals surface area contributed by atoms with E-state index in [0.717, 1.165) is 12.2 Å². The monoisotopic (exact) mass is 259 g/mol. The third-order valence-electron chi connectivity index (χ3n) is 3.24. The van der Waals surface area contributed by atoms with Crippen molar-refractivity contribution in [3.63, 3.8) is 0 Å². The Morgan fingerprint density at radius 1 is 1.47 bits per heavy atom. The molecule has 0 amide bonds. The van der Waals surface area contributed by atoms with Gasteiger partial charge in [-0.15, -0.1) is 0 Å². The zero-order valence-electron chi connectivity index (χ0n) is 10.8. The van der Waals surface area contributed by atoms with Crippen LogP contribution in [0.25, 0.3) is 0 Å². The van der Waals surface area contributed by atoms with E-state index in [1.165, 1.54) is 0 Å². The number of anilines is 1. The first-order valence-electron chi connectivity index (χ1n) is 6.31. The van der Waals surface area contributed by atoms with Crippen LogP contribution in [0.3, 0.4) is 0 Å². The second-order valence-electron chi connectivity index (χ2n) is 4.93. The van der Waals surface area contributed by atoms with Gasteiger partial charge in [0.15, 0.2) is 0 Å². The van der Waals surface area contributed by atoms with E-state index in [1.807, 2.05) is 19.1 Å². The lowest BCUT2D eigenvalue weighted by atomic mass is 10.1. The summed E-state index contributed by atoms with van der Waals surface area (Å²) in [5, 5.41) is 21.0. The van der Waals surface area contributed by atoms with E-state index >= 15 is 0 Å². The maximum atomic E-state index is 10.8. The Balaban J connectivity index is 2.09. The molecule has 1 saturated heterocycles. The molecule has 1 aliphatic heterocycles. The number of rotatable bonds is 3. The molecule has 1 aromatic rings. The van der Waals surface area contributed by atoms with Gasteiger partial charge in [-0.2, -0.15) is 5.26 Å². The van der Waals surface area contributed by atoms with Crippen LogP contribution in [0.5, 0.6) is 0 Å². The Morgan fingerprint density at radius 2 is 2.16 bits per heavy atom. The van der Waals surface area contributed by atoms with Crippen molar-refractivity contribution in [2.45, 2.75) is 25.4 Å². The van der Waals surface area contributed by atoms with E-state index < -0.39 is 5.97 Å². The quantitative estimate of drug-likeness (QED) is 0.853. The first-order chi connectivity index (χ1) is 9.08. The predicted octanol–water partition coefficient (Wildman–Crippen LogP) is 1.20. The molecule has 1 heterocycles. The van der Waals surface area contributed by atoms with Gasteiger partial charge in [-0.25, -0.2) is 0 Å². The van der Waals surface area contributed by atoms with Gasteiger partial charge in [-0.05, 0) is 31.2 Å². The van der Waals surface area contributed by atoms with Crippen molar-refractivity contribution < 1.29 is 9.90 Å². The summed E-state index contributed by atoms with van der Waals surface area (Å²) in [7, 11) is 0. The van der Waals surface area contributed by atoms with Gasteiger partial charge >= 0.3 is 5.97 Å². The van der Waals surface area contributed by atoms with E-state index in [9.17, 15) is 4.79 Å². The van der Waals surface area contributed by atoms with Crippen LogP contribution < -0.4 is 10.2 Å². The fraction of sp³-hybridized carbons (Fsp3) is 0.429. The highest BCUT2D eigenvalue weighted by molar-refractivity contribution is 5.67. The van der Waals surface area contributed by atoms with Crippen LogP contribution in [-0.2, 0) is 4.79 Å². The minimum atomic E-state index is -0.786. The summed E-state index contributed by atoms with van der Waals surface area (Å²) < 4.78 is 0.